The van der Waals surface area contributed by atoms with Gasteiger partial charge in [0.1, 0.15) is 5.76 Å². The Balaban J connectivity index is 2.16. The number of nitrogens with zero attached hydrogens (tertiary/aromatic N) is 1. The zero-order valence-electron chi connectivity index (χ0n) is 10.4. The summed E-state index contributed by atoms with van der Waals surface area (Å²) in [4.78, 5) is 2.09. The number of aliphatic hydroxyl groups is 1. The smallest absolute Gasteiger partial charge is 0.123 e. The molecule has 2 rings (SSSR count). The first-order valence-corrected chi connectivity index (χ1v) is 6.58. The average Bonchev–Trinajstić information content (AvgIpc) is 2.81. The van der Waals surface area contributed by atoms with Crippen LogP contribution in [-0.4, -0.2) is 12.2 Å². The molecule has 0 fully saturated rings. The van der Waals surface area contributed by atoms with E-state index in [1.165, 1.54) is 0 Å². The number of aliphatic hydroxyl groups excluding tert-OH is 1. The first-order chi connectivity index (χ1) is 8.58. The van der Waals surface area contributed by atoms with Crippen molar-refractivity contribution >= 4 is 21.6 Å². The molecule has 0 spiro atoms. The highest BCUT2D eigenvalue weighted by molar-refractivity contribution is 9.10. The van der Waals surface area contributed by atoms with Crippen LogP contribution in [0.4, 0.5) is 5.69 Å². The van der Waals surface area contributed by atoms with E-state index in [2.05, 4.69) is 20.8 Å². The summed E-state index contributed by atoms with van der Waals surface area (Å²) in [6.45, 7) is 2.47. The van der Waals surface area contributed by atoms with Crippen LogP contribution < -0.4 is 4.90 Å². The highest BCUT2D eigenvalue weighted by Crippen LogP contribution is 2.28. The maximum atomic E-state index is 9.58. The van der Waals surface area contributed by atoms with Crippen LogP contribution in [0.15, 0.2) is 45.5 Å². The van der Waals surface area contributed by atoms with Gasteiger partial charge in [0.25, 0.3) is 0 Å². The van der Waals surface area contributed by atoms with E-state index >= 15 is 0 Å². The number of hydrogen-bond acceptors (Lipinski definition) is 3. The Morgan fingerprint density at radius 3 is 2.72 bits per heavy atom. The van der Waals surface area contributed by atoms with Crippen LogP contribution in [0.2, 0.25) is 0 Å². The molecule has 1 heterocycles. The Kier molecular flexibility index (Phi) is 4.09. The van der Waals surface area contributed by atoms with E-state index < -0.39 is 6.10 Å². The topological polar surface area (TPSA) is 36.6 Å². The van der Waals surface area contributed by atoms with Crippen molar-refractivity contribution in [3.05, 3.63) is 52.4 Å². The zero-order chi connectivity index (χ0) is 13.1. The predicted octanol–water partition coefficient (Wildman–Crippen LogP) is 3.73. The fourth-order valence-electron chi connectivity index (χ4n) is 1.82. The van der Waals surface area contributed by atoms with Crippen molar-refractivity contribution in [3.63, 3.8) is 0 Å². The Morgan fingerprint density at radius 1 is 1.39 bits per heavy atom. The normalized spacial score (nSPS) is 12.4. The van der Waals surface area contributed by atoms with Crippen molar-refractivity contribution in [3.8, 4) is 0 Å². The third-order valence-electron chi connectivity index (χ3n) is 2.85. The van der Waals surface area contributed by atoms with Gasteiger partial charge in [-0.1, -0.05) is 22.0 Å². The molecule has 0 unspecified atom stereocenters. The molecule has 0 saturated heterocycles. The second-order valence-electron chi connectivity index (χ2n) is 4.32. The van der Waals surface area contributed by atoms with Crippen LogP contribution in [0.5, 0.6) is 0 Å². The van der Waals surface area contributed by atoms with Crippen molar-refractivity contribution in [2.24, 2.45) is 0 Å². The van der Waals surface area contributed by atoms with Crippen LogP contribution in [0.1, 0.15) is 24.4 Å². The second kappa shape index (κ2) is 5.59. The van der Waals surface area contributed by atoms with E-state index in [0.717, 1.165) is 21.5 Å². The number of rotatable bonds is 4. The van der Waals surface area contributed by atoms with E-state index in [1.54, 1.807) is 13.2 Å². The van der Waals surface area contributed by atoms with Gasteiger partial charge in [-0.2, -0.15) is 0 Å². The van der Waals surface area contributed by atoms with E-state index in [0.29, 0.717) is 6.54 Å². The van der Waals surface area contributed by atoms with Gasteiger partial charge in [-0.15, -0.1) is 0 Å². The Hall–Kier alpha value is -1.26. The third-order valence-corrected chi connectivity index (χ3v) is 3.53. The monoisotopic (exact) mass is 309 g/mol. The number of benzene rings is 1. The highest BCUT2D eigenvalue weighted by atomic mass is 79.9. The lowest BCUT2D eigenvalue weighted by Crippen LogP contribution is -2.16. The maximum absolute atomic E-state index is 9.58. The molecule has 1 N–H and O–H groups in total. The van der Waals surface area contributed by atoms with Crippen molar-refractivity contribution in [2.45, 2.75) is 19.6 Å². The minimum absolute atomic E-state index is 0.469. The van der Waals surface area contributed by atoms with Gasteiger partial charge in [0.15, 0.2) is 0 Å². The lowest BCUT2D eigenvalue weighted by molar-refractivity contribution is 0.198. The quantitative estimate of drug-likeness (QED) is 0.935. The first-order valence-electron chi connectivity index (χ1n) is 5.79. The van der Waals surface area contributed by atoms with Gasteiger partial charge in [0.05, 0.1) is 18.9 Å². The van der Waals surface area contributed by atoms with Gasteiger partial charge in [-0.05, 0) is 36.8 Å². The summed E-state index contributed by atoms with van der Waals surface area (Å²) in [7, 11) is 2.01. The molecular weight excluding hydrogens is 294 g/mol. The number of halogens is 1. The molecule has 0 aliphatic carbocycles. The molecule has 0 radical (unpaired) electrons. The SMILES string of the molecule is C[C@@H](O)c1ccc(N(C)Cc2ccco2)cc1Br. The van der Waals surface area contributed by atoms with Gasteiger partial charge < -0.3 is 14.4 Å². The largest absolute Gasteiger partial charge is 0.467 e. The van der Waals surface area contributed by atoms with Gasteiger partial charge in [0, 0.05) is 17.2 Å². The molecule has 0 bridgehead atoms. The molecule has 1 aromatic heterocycles. The lowest BCUT2D eigenvalue weighted by Gasteiger charge is -2.19. The molecule has 0 saturated carbocycles. The van der Waals surface area contributed by atoms with Crippen molar-refractivity contribution < 1.29 is 9.52 Å². The molecule has 18 heavy (non-hydrogen) atoms. The maximum Gasteiger partial charge on any atom is 0.123 e. The Morgan fingerprint density at radius 2 is 2.17 bits per heavy atom. The van der Waals surface area contributed by atoms with Crippen molar-refractivity contribution in [1.82, 2.24) is 0 Å². The predicted molar refractivity (Wildman–Crippen MR) is 75.6 cm³/mol. The summed E-state index contributed by atoms with van der Waals surface area (Å²) in [5, 5.41) is 9.58. The van der Waals surface area contributed by atoms with Crippen LogP contribution in [0.3, 0.4) is 0 Å². The van der Waals surface area contributed by atoms with Gasteiger partial charge in [0.2, 0.25) is 0 Å². The molecule has 1 aromatic carbocycles. The average molecular weight is 310 g/mol. The summed E-state index contributed by atoms with van der Waals surface area (Å²) in [6.07, 6.45) is 1.21. The highest BCUT2D eigenvalue weighted by Gasteiger charge is 2.09. The summed E-state index contributed by atoms with van der Waals surface area (Å²) in [5.74, 6) is 0.924. The molecule has 0 amide bonds. The minimum atomic E-state index is -0.469. The van der Waals surface area contributed by atoms with E-state index in [9.17, 15) is 5.11 Å². The molecule has 96 valence electrons. The van der Waals surface area contributed by atoms with Gasteiger partial charge >= 0.3 is 0 Å². The first kappa shape index (κ1) is 13.2. The molecule has 3 nitrogen and oxygen atoms in total. The molecule has 2 aromatic rings. The van der Waals surface area contributed by atoms with E-state index in [1.807, 2.05) is 37.4 Å². The summed E-state index contributed by atoms with van der Waals surface area (Å²) < 4.78 is 6.24. The van der Waals surface area contributed by atoms with Crippen molar-refractivity contribution in [1.29, 1.82) is 0 Å². The summed E-state index contributed by atoms with van der Waals surface area (Å²) in [6, 6.07) is 9.77. The molecule has 4 heteroatoms. The Bertz CT molecular complexity index is 509. The lowest BCUT2D eigenvalue weighted by atomic mass is 10.1. The minimum Gasteiger partial charge on any atom is -0.467 e. The third kappa shape index (κ3) is 2.94. The number of hydrogen-bond donors (Lipinski definition) is 1. The van der Waals surface area contributed by atoms with Crippen LogP contribution in [-0.2, 0) is 6.54 Å². The number of furan rings is 1. The fourth-order valence-corrected chi connectivity index (χ4v) is 2.52. The molecule has 0 aliphatic rings. The summed E-state index contributed by atoms with van der Waals surface area (Å²) in [5.41, 5.74) is 1.97. The zero-order valence-corrected chi connectivity index (χ0v) is 12.0. The van der Waals surface area contributed by atoms with Crippen LogP contribution in [0, 0.1) is 0 Å². The van der Waals surface area contributed by atoms with E-state index in [4.69, 9.17) is 4.42 Å². The molecular formula is C14H16BrNO2. The second-order valence-corrected chi connectivity index (χ2v) is 5.17. The Labute approximate surface area is 115 Å². The fraction of sp³-hybridized carbons (Fsp3) is 0.286. The van der Waals surface area contributed by atoms with Crippen LogP contribution in [0.25, 0.3) is 0 Å². The summed E-state index contributed by atoms with van der Waals surface area (Å²) >= 11 is 3.48. The molecule has 0 aliphatic heterocycles. The van der Waals surface area contributed by atoms with Crippen molar-refractivity contribution in [2.75, 3.05) is 11.9 Å². The standard InChI is InChI=1S/C14H16BrNO2/c1-10(17)13-6-5-11(8-14(13)15)16(2)9-12-4-3-7-18-12/h3-8,10,17H,9H2,1-2H3/t10-/m1/s1. The van der Waals surface area contributed by atoms with Crippen LogP contribution >= 0.6 is 15.9 Å². The molecule has 1 atom stereocenters. The van der Waals surface area contributed by atoms with E-state index in [-0.39, 0.29) is 0 Å². The number of anilines is 1. The van der Waals surface area contributed by atoms with Gasteiger partial charge in [-0.25, -0.2) is 0 Å². The van der Waals surface area contributed by atoms with Gasteiger partial charge in [-0.3, -0.25) is 0 Å².